The highest BCUT2D eigenvalue weighted by Gasteiger charge is 2.27. The largest absolute Gasteiger partial charge is 0.381 e. The first kappa shape index (κ1) is 18.6. The van der Waals surface area contributed by atoms with Gasteiger partial charge in [-0.2, -0.15) is 5.26 Å². The number of anilines is 1. The number of piperidine rings is 1. The van der Waals surface area contributed by atoms with Crippen molar-refractivity contribution >= 4 is 26.6 Å². The molecular weight excluding hydrogens is 348 g/mol. The fraction of sp³-hybridized carbons (Fsp3) is 0.474. The van der Waals surface area contributed by atoms with Crippen LogP contribution >= 0.6 is 0 Å². The molecule has 1 aliphatic heterocycles. The fourth-order valence-electron chi connectivity index (χ4n) is 3.57. The summed E-state index contributed by atoms with van der Waals surface area (Å²) in [6.45, 7) is 6.75. The summed E-state index contributed by atoms with van der Waals surface area (Å²) in [5.74, 6) is 0.136. The smallest absolute Gasteiger partial charge is 0.213 e. The topological polar surface area (TPSA) is 86.1 Å². The van der Waals surface area contributed by atoms with E-state index in [1.807, 2.05) is 13.8 Å². The Balaban J connectivity index is 1.89. The highest BCUT2D eigenvalue weighted by Crippen LogP contribution is 2.30. The van der Waals surface area contributed by atoms with Gasteiger partial charge in [-0.05, 0) is 45.2 Å². The summed E-state index contributed by atoms with van der Waals surface area (Å²) in [5.41, 5.74) is 4.42. The van der Waals surface area contributed by atoms with Crippen molar-refractivity contribution in [1.82, 2.24) is 9.29 Å². The lowest BCUT2D eigenvalue weighted by Crippen LogP contribution is -2.43. The molecule has 7 heteroatoms. The minimum Gasteiger partial charge on any atom is -0.381 e. The summed E-state index contributed by atoms with van der Waals surface area (Å²) < 4.78 is 25.6. The molecule has 138 valence electrons. The lowest BCUT2D eigenvalue weighted by atomic mass is 10.0. The van der Waals surface area contributed by atoms with E-state index in [0.717, 1.165) is 40.6 Å². The van der Waals surface area contributed by atoms with Crippen molar-refractivity contribution in [3.8, 4) is 6.07 Å². The van der Waals surface area contributed by atoms with Gasteiger partial charge in [0.1, 0.15) is 6.07 Å². The number of rotatable bonds is 4. The highest BCUT2D eigenvalue weighted by molar-refractivity contribution is 7.89. The maximum atomic E-state index is 12.0. The van der Waals surface area contributed by atoms with Crippen LogP contribution in [0.5, 0.6) is 0 Å². The van der Waals surface area contributed by atoms with E-state index in [1.54, 1.807) is 17.4 Å². The Hall–Kier alpha value is -2.17. The molecule has 0 aliphatic carbocycles. The van der Waals surface area contributed by atoms with Crippen LogP contribution in [0.25, 0.3) is 10.9 Å². The zero-order valence-corrected chi connectivity index (χ0v) is 16.2. The van der Waals surface area contributed by atoms with E-state index in [0.29, 0.717) is 18.7 Å². The third kappa shape index (κ3) is 3.53. The van der Waals surface area contributed by atoms with E-state index in [-0.39, 0.29) is 11.8 Å². The van der Waals surface area contributed by atoms with Gasteiger partial charge in [0.05, 0.1) is 22.5 Å². The number of pyridine rings is 1. The number of nitrogens with one attached hydrogen (secondary N) is 1. The molecule has 0 radical (unpaired) electrons. The van der Waals surface area contributed by atoms with Crippen LogP contribution in [0.4, 0.5) is 5.69 Å². The van der Waals surface area contributed by atoms with E-state index < -0.39 is 10.0 Å². The number of aromatic nitrogens is 1. The average molecular weight is 372 g/mol. The number of nitrogens with zero attached hydrogens (tertiary/aromatic N) is 3. The van der Waals surface area contributed by atoms with Crippen molar-refractivity contribution in [2.75, 3.05) is 24.2 Å². The molecule has 0 spiro atoms. The van der Waals surface area contributed by atoms with Crippen molar-refractivity contribution in [2.24, 2.45) is 0 Å². The molecule has 0 bridgehead atoms. The Labute approximate surface area is 154 Å². The Morgan fingerprint density at radius 3 is 2.62 bits per heavy atom. The SMILES string of the molecule is CCS(=O)(=O)N1CCC(Nc2c(C#N)cnc3c(C)cc(C)cc23)CC1. The molecule has 1 aromatic carbocycles. The van der Waals surface area contributed by atoms with E-state index in [1.165, 1.54) is 0 Å². The van der Waals surface area contributed by atoms with E-state index in [4.69, 9.17) is 0 Å². The van der Waals surface area contributed by atoms with Crippen LogP contribution in [0.15, 0.2) is 18.3 Å². The molecule has 1 saturated heterocycles. The molecule has 0 atom stereocenters. The molecule has 3 rings (SSSR count). The van der Waals surface area contributed by atoms with Gasteiger partial charge in [0.2, 0.25) is 10.0 Å². The van der Waals surface area contributed by atoms with Gasteiger partial charge < -0.3 is 5.32 Å². The van der Waals surface area contributed by atoms with Gasteiger partial charge in [0, 0.05) is 30.7 Å². The first-order valence-electron chi connectivity index (χ1n) is 8.90. The molecule has 0 saturated carbocycles. The molecule has 1 N–H and O–H groups in total. The van der Waals surface area contributed by atoms with Crippen LogP contribution < -0.4 is 5.32 Å². The Kier molecular flexibility index (Phi) is 5.17. The maximum absolute atomic E-state index is 12.0. The maximum Gasteiger partial charge on any atom is 0.213 e. The van der Waals surface area contributed by atoms with Gasteiger partial charge in [-0.15, -0.1) is 0 Å². The molecular formula is C19H24N4O2S. The van der Waals surface area contributed by atoms with Crippen LogP contribution in [0, 0.1) is 25.2 Å². The van der Waals surface area contributed by atoms with Crippen molar-refractivity contribution in [3.05, 3.63) is 35.0 Å². The number of benzene rings is 1. The van der Waals surface area contributed by atoms with E-state index in [9.17, 15) is 13.7 Å². The third-order valence-corrected chi connectivity index (χ3v) is 6.87. The summed E-state index contributed by atoms with van der Waals surface area (Å²) in [5, 5.41) is 14.0. The number of hydrogen-bond acceptors (Lipinski definition) is 5. The van der Waals surface area contributed by atoms with Crippen LogP contribution in [-0.2, 0) is 10.0 Å². The molecule has 6 nitrogen and oxygen atoms in total. The first-order valence-corrected chi connectivity index (χ1v) is 10.5. The lowest BCUT2D eigenvalue weighted by Gasteiger charge is -2.32. The van der Waals surface area contributed by atoms with E-state index in [2.05, 4.69) is 28.5 Å². The minimum atomic E-state index is -3.13. The predicted molar refractivity (Wildman–Crippen MR) is 104 cm³/mol. The molecule has 1 aliphatic rings. The third-order valence-electron chi connectivity index (χ3n) is 4.99. The molecule has 2 heterocycles. The summed E-state index contributed by atoms with van der Waals surface area (Å²) >= 11 is 0. The van der Waals surface area contributed by atoms with Crippen molar-refractivity contribution in [3.63, 3.8) is 0 Å². The Bertz CT molecular complexity index is 971. The second kappa shape index (κ2) is 7.22. The monoisotopic (exact) mass is 372 g/mol. The predicted octanol–water partition coefficient (Wildman–Crippen LogP) is 2.95. The van der Waals surface area contributed by atoms with Crippen molar-refractivity contribution in [1.29, 1.82) is 5.26 Å². The first-order chi connectivity index (χ1) is 12.4. The van der Waals surface area contributed by atoms with Gasteiger partial charge in [0.25, 0.3) is 0 Å². The molecule has 26 heavy (non-hydrogen) atoms. The van der Waals surface area contributed by atoms with Gasteiger partial charge in [-0.1, -0.05) is 11.6 Å². The number of sulfonamides is 1. The number of aryl methyl sites for hydroxylation is 2. The fourth-order valence-corrected chi connectivity index (χ4v) is 4.70. The average Bonchev–Trinajstić information content (AvgIpc) is 2.62. The summed E-state index contributed by atoms with van der Waals surface area (Å²) in [6.07, 6.45) is 3.06. The standard InChI is InChI=1S/C19H24N4O2S/c1-4-26(24,25)23-7-5-16(6-8-23)22-19-15(11-20)12-21-18-14(3)9-13(2)10-17(18)19/h9-10,12,16H,4-8H2,1-3H3,(H,21,22). The van der Waals surface area contributed by atoms with Crippen LogP contribution in [-0.4, -0.2) is 42.6 Å². The Morgan fingerprint density at radius 1 is 1.31 bits per heavy atom. The van der Waals surface area contributed by atoms with Crippen LogP contribution in [0.3, 0.4) is 0 Å². The van der Waals surface area contributed by atoms with E-state index >= 15 is 0 Å². The number of hydrogen-bond donors (Lipinski definition) is 1. The van der Waals surface area contributed by atoms with Gasteiger partial charge in [0.15, 0.2) is 0 Å². The normalized spacial score (nSPS) is 16.5. The van der Waals surface area contributed by atoms with Crippen molar-refractivity contribution in [2.45, 2.75) is 39.7 Å². The van der Waals surface area contributed by atoms with Gasteiger partial charge >= 0.3 is 0 Å². The highest BCUT2D eigenvalue weighted by atomic mass is 32.2. The van der Waals surface area contributed by atoms with Crippen LogP contribution in [0.2, 0.25) is 0 Å². The van der Waals surface area contributed by atoms with Gasteiger partial charge in [-0.25, -0.2) is 12.7 Å². The quantitative estimate of drug-likeness (QED) is 0.892. The van der Waals surface area contributed by atoms with Crippen molar-refractivity contribution < 1.29 is 8.42 Å². The zero-order chi connectivity index (χ0) is 18.9. The zero-order valence-electron chi connectivity index (χ0n) is 15.4. The molecule has 1 fully saturated rings. The molecule has 0 unspecified atom stereocenters. The van der Waals surface area contributed by atoms with Crippen LogP contribution in [0.1, 0.15) is 36.5 Å². The molecule has 0 amide bonds. The second-order valence-corrected chi connectivity index (χ2v) is 9.11. The summed E-state index contributed by atoms with van der Waals surface area (Å²) in [4.78, 5) is 4.45. The molecule has 1 aromatic heterocycles. The number of fused-ring (bicyclic) bond motifs is 1. The second-order valence-electron chi connectivity index (χ2n) is 6.85. The van der Waals surface area contributed by atoms with Gasteiger partial charge in [-0.3, -0.25) is 4.98 Å². The summed E-state index contributed by atoms with van der Waals surface area (Å²) in [6, 6.07) is 6.50. The molecule has 2 aromatic rings. The summed E-state index contributed by atoms with van der Waals surface area (Å²) in [7, 11) is -3.13. The minimum absolute atomic E-state index is 0.136. The lowest BCUT2D eigenvalue weighted by molar-refractivity contribution is 0.330. The number of nitriles is 1. The Morgan fingerprint density at radius 2 is 2.00 bits per heavy atom.